The van der Waals surface area contributed by atoms with Gasteiger partial charge in [0.15, 0.2) is 0 Å². The summed E-state index contributed by atoms with van der Waals surface area (Å²) >= 11 is 0. The molecule has 0 bridgehead atoms. The predicted octanol–water partition coefficient (Wildman–Crippen LogP) is 4.76. The number of nitrogens with one attached hydrogen (secondary N) is 2. The maximum absolute atomic E-state index is 12.7. The molecule has 1 atom stereocenters. The zero-order valence-electron chi connectivity index (χ0n) is 20.0. The first-order valence-electron chi connectivity index (χ1n) is 12.1. The number of nitrogens with zero attached hydrogens (tertiary/aromatic N) is 1. The zero-order valence-corrected chi connectivity index (χ0v) is 20.0. The molecule has 1 aliphatic heterocycles. The van der Waals surface area contributed by atoms with Crippen molar-refractivity contribution < 1.29 is 9.47 Å². The van der Waals surface area contributed by atoms with E-state index in [2.05, 4.69) is 45.5 Å². The Hall–Kier alpha value is -3.61. The molecule has 5 rings (SSSR count). The minimum atomic E-state index is -0.0518. The maximum atomic E-state index is 12.7. The molecule has 0 saturated carbocycles. The van der Waals surface area contributed by atoms with Crippen LogP contribution in [0, 0.1) is 0 Å². The highest BCUT2D eigenvalue weighted by molar-refractivity contribution is 5.79. The molecule has 180 valence electrons. The summed E-state index contributed by atoms with van der Waals surface area (Å²) in [6.07, 6.45) is 0.752. The van der Waals surface area contributed by atoms with Crippen molar-refractivity contribution in [3.63, 3.8) is 0 Å². The Morgan fingerprint density at radius 2 is 1.74 bits per heavy atom. The first-order valence-corrected chi connectivity index (χ1v) is 12.1. The molecule has 0 spiro atoms. The quantitative estimate of drug-likeness (QED) is 0.350. The van der Waals surface area contributed by atoms with E-state index in [0.717, 1.165) is 54.0 Å². The van der Waals surface area contributed by atoms with E-state index >= 15 is 0 Å². The molecular weight excluding hydrogens is 438 g/mol. The molecule has 2 heterocycles. The number of rotatable bonds is 10. The lowest BCUT2D eigenvalue weighted by Gasteiger charge is -2.22. The number of hydrogen-bond acceptors (Lipinski definition) is 5. The van der Waals surface area contributed by atoms with Crippen molar-refractivity contribution in [1.82, 2.24) is 9.88 Å². The molecule has 4 aromatic rings. The number of anilines is 1. The monoisotopic (exact) mass is 469 g/mol. The highest BCUT2D eigenvalue weighted by Gasteiger charge is 2.25. The van der Waals surface area contributed by atoms with Crippen LogP contribution in [0.5, 0.6) is 5.75 Å². The third-order valence-corrected chi connectivity index (χ3v) is 6.52. The van der Waals surface area contributed by atoms with Crippen molar-refractivity contribution in [1.29, 1.82) is 0 Å². The molecule has 1 aliphatic rings. The van der Waals surface area contributed by atoms with Crippen LogP contribution in [-0.2, 0) is 17.7 Å². The Morgan fingerprint density at radius 1 is 0.943 bits per heavy atom. The minimum Gasteiger partial charge on any atom is -0.492 e. The molecule has 2 N–H and O–H groups in total. The number of pyridine rings is 1. The van der Waals surface area contributed by atoms with Gasteiger partial charge in [0, 0.05) is 43.5 Å². The second kappa shape index (κ2) is 10.8. The highest BCUT2D eigenvalue weighted by Crippen LogP contribution is 2.35. The summed E-state index contributed by atoms with van der Waals surface area (Å²) in [7, 11) is 1.73. The molecule has 6 heteroatoms. The molecule has 0 aliphatic carbocycles. The number of fused-ring (bicyclic) bond motifs is 2. The summed E-state index contributed by atoms with van der Waals surface area (Å²) in [5.41, 5.74) is 5.08. The third-order valence-electron chi connectivity index (χ3n) is 6.52. The van der Waals surface area contributed by atoms with Crippen molar-refractivity contribution in [3.8, 4) is 5.75 Å². The lowest BCUT2D eigenvalue weighted by Crippen LogP contribution is -2.31. The number of aromatic nitrogens is 1. The SMILES string of the molecule is COCCN(CCOc1ccc2c(c1)CC(c1cc3ccccc3[nH]c1=O)N2)Cc1ccccc1. The summed E-state index contributed by atoms with van der Waals surface area (Å²) in [5, 5.41) is 4.55. The van der Waals surface area contributed by atoms with Gasteiger partial charge in [0.1, 0.15) is 12.4 Å². The fourth-order valence-electron chi connectivity index (χ4n) is 4.66. The number of benzene rings is 3. The van der Waals surface area contributed by atoms with Gasteiger partial charge in [-0.05, 0) is 53.3 Å². The summed E-state index contributed by atoms with van der Waals surface area (Å²) in [6.45, 7) is 3.81. The van der Waals surface area contributed by atoms with Crippen LogP contribution in [0.4, 0.5) is 5.69 Å². The van der Waals surface area contributed by atoms with E-state index < -0.39 is 0 Å². The summed E-state index contributed by atoms with van der Waals surface area (Å²) in [4.78, 5) is 18.1. The maximum Gasteiger partial charge on any atom is 0.253 e. The van der Waals surface area contributed by atoms with Crippen molar-refractivity contribution in [2.45, 2.75) is 19.0 Å². The molecule has 6 nitrogen and oxygen atoms in total. The van der Waals surface area contributed by atoms with E-state index in [4.69, 9.17) is 9.47 Å². The molecule has 3 aromatic carbocycles. The Bertz CT molecular complexity index is 1340. The van der Waals surface area contributed by atoms with Gasteiger partial charge >= 0.3 is 0 Å². The minimum absolute atomic E-state index is 0.0416. The van der Waals surface area contributed by atoms with Crippen LogP contribution in [0.15, 0.2) is 83.7 Å². The Morgan fingerprint density at radius 3 is 2.60 bits per heavy atom. The third kappa shape index (κ3) is 5.56. The summed E-state index contributed by atoms with van der Waals surface area (Å²) in [5.74, 6) is 0.852. The number of ether oxygens (including phenoxy) is 2. The lowest BCUT2D eigenvalue weighted by molar-refractivity contribution is 0.131. The van der Waals surface area contributed by atoms with Gasteiger partial charge in [-0.1, -0.05) is 48.5 Å². The van der Waals surface area contributed by atoms with Gasteiger partial charge in [0.2, 0.25) is 0 Å². The van der Waals surface area contributed by atoms with Crippen molar-refractivity contribution in [2.75, 3.05) is 38.7 Å². The molecule has 1 unspecified atom stereocenters. The van der Waals surface area contributed by atoms with Gasteiger partial charge in [0.05, 0.1) is 12.6 Å². The topological polar surface area (TPSA) is 66.6 Å². The lowest BCUT2D eigenvalue weighted by atomic mass is 10.0. The Labute approximate surface area is 205 Å². The first-order chi connectivity index (χ1) is 17.2. The van der Waals surface area contributed by atoms with E-state index in [-0.39, 0.29) is 11.6 Å². The average Bonchev–Trinajstić information content (AvgIpc) is 3.30. The van der Waals surface area contributed by atoms with E-state index in [1.807, 2.05) is 48.5 Å². The number of methoxy groups -OCH3 is 1. The Balaban J connectivity index is 1.21. The zero-order chi connectivity index (χ0) is 24.0. The number of hydrogen-bond donors (Lipinski definition) is 2. The van der Waals surface area contributed by atoms with Crippen molar-refractivity contribution >= 4 is 16.6 Å². The molecule has 1 aromatic heterocycles. The van der Waals surface area contributed by atoms with E-state index in [9.17, 15) is 4.79 Å². The molecule has 0 radical (unpaired) electrons. The van der Waals surface area contributed by atoms with Gasteiger partial charge in [0.25, 0.3) is 5.56 Å². The second-order valence-corrected chi connectivity index (χ2v) is 8.96. The van der Waals surface area contributed by atoms with Crippen LogP contribution in [0.2, 0.25) is 0 Å². The van der Waals surface area contributed by atoms with Crippen LogP contribution < -0.4 is 15.6 Å². The van der Waals surface area contributed by atoms with Crippen LogP contribution in [0.25, 0.3) is 10.9 Å². The van der Waals surface area contributed by atoms with E-state index in [1.54, 1.807) is 7.11 Å². The number of para-hydroxylation sites is 1. The second-order valence-electron chi connectivity index (χ2n) is 8.96. The Kier molecular flexibility index (Phi) is 7.12. The molecule has 0 amide bonds. The first kappa shape index (κ1) is 23.1. The van der Waals surface area contributed by atoms with Gasteiger partial charge in [-0.2, -0.15) is 0 Å². The normalized spacial score (nSPS) is 14.7. The van der Waals surface area contributed by atoms with E-state index in [0.29, 0.717) is 13.2 Å². The van der Waals surface area contributed by atoms with Crippen molar-refractivity contribution in [2.24, 2.45) is 0 Å². The van der Waals surface area contributed by atoms with Crippen molar-refractivity contribution in [3.05, 3.63) is 106 Å². The summed E-state index contributed by atoms with van der Waals surface area (Å²) in [6, 6.07) is 26.4. The molecule has 0 fully saturated rings. The number of aromatic amines is 1. The fraction of sp³-hybridized carbons (Fsp3) is 0.276. The van der Waals surface area contributed by atoms with Gasteiger partial charge < -0.3 is 19.8 Å². The smallest absolute Gasteiger partial charge is 0.253 e. The van der Waals surface area contributed by atoms with Gasteiger partial charge in [-0.25, -0.2) is 0 Å². The predicted molar refractivity (Wildman–Crippen MR) is 140 cm³/mol. The fourth-order valence-corrected chi connectivity index (χ4v) is 4.66. The van der Waals surface area contributed by atoms with E-state index in [1.165, 1.54) is 11.1 Å². The van der Waals surface area contributed by atoms with Gasteiger partial charge in [-0.15, -0.1) is 0 Å². The van der Waals surface area contributed by atoms with Crippen LogP contribution in [0.1, 0.15) is 22.7 Å². The standard InChI is InChI=1S/C29H31N3O3/c1-34-15-13-32(20-21-7-3-2-4-8-21)14-16-35-24-11-12-27-23(17-24)19-28(30-27)25-18-22-9-5-6-10-26(22)31-29(25)33/h2-12,17-18,28,30H,13-16,19-20H2,1H3,(H,31,33). The molecule has 0 saturated heterocycles. The summed E-state index contributed by atoms with van der Waals surface area (Å²) < 4.78 is 11.4. The molecular formula is C29H31N3O3. The average molecular weight is 470 g/mol. The van der Waals surface area contributed by atoms with Crippen LogP contribution in [-0.4, -0.2) is 43.3 Å². The van der Waals surface area contributed by atoms with Crippen LogP contribution in [0.3, 0.4) is 0 Å². The molecule has 35 heavy (non-hydrogen) atoms. The number of H-pyrrole nitrogens is 1. The van der Waals surface area contributed by atoms with Gasteiger partial charge in [-0.3, -0.25) is 9.69 Å². The highest BCUT2D eigenvalue weighted by atomic mass is 16.5. The largest absolute Gasteiger partial charge is 0.492 e. The van der Waals surface area contributed by atoms with Crippen LogP contribution >= 0.6 is 0 Å².